The van der Waals surface area contributed by atoms with E-state index in [9.17, 15) is 9.59 Å². The summed E-state index contributed by atoms with van der Waals surface area (Å²) in [4.78, 5) is 24.0. The molecule has 25 heavy (non-hydrogen) atoms. The number of ketones is 1. The predicted molar refractivity (Wildman–Crippen MR) is 96.7 cm³/mol. The van der Waals surface area contributed by atoms with Crippen LogP contribution >= 0.6 is 0 Å². The Kier molecular flexibility index (Phi) is 7.78. The topological polar surface area (TPSA) is 93.5 Å². The number of carbonyl (C=O) groups is 2. The fraction of sp³-hybridized carbons (Fsp3) is 0.263. The van der Waals surface area contributed by atoms with Crippen molar-refractivity contribution in [3.05, 3.63) is 65.7 Å². The largest absolute Gasteiger partial charge is 0.426 e. The van der Waals surface area contributed by atoms with Crippen molar-refractivity contribution >= 4 is 11.8 Å². The van der Waals surface area contributed by atoms with Crippen LogP contribution in [0.1, 0.15) is 15.9 Å². The average molecular weight is 341 g/mol. The molecule has 0 atom stereocenters. The van der Waals surface area contributed by atoms with E-state index in [0.29, 0.717) is 30.0 Å². The van der Waals surface area contributed by atoms with E-state index in [-0.39, 0.29) is 18.3 Å². The van der Waals surface area contributed by atoms with Crippen molar-refractivity contribution in [2.45, 2.75) is 0 Å². The number of carbonyl (C=O) groups excluding carboxylic acids is 2. The summed E-state index contributed by atoms with van der Waals surface area (Å²) in [6.07, 6.45) is 0. The molecule has 2 aromatic carbocycles. The quantitative estimate of drug-likeness (QED) is 0.258. The lowest BCUT2D eigenvalue weighted by atomic mass is 10.0. The van der Waals surface area contributed by atoms with Gasteiger partial charge in [-0.2, -0.15) is 0 Å². The number of esters is 1. The third-order valence-corrected chi connectivity index (χ3v) is 3.45. The summed E-state index contributed by atoms with van der Waals surface area (Å²) in [7, 11) is 0. The van der Waals surface area contributed by atoms with Gasteiger partial charge in [-0.1, -0.05) is 30.3 Å². The first-order valence-electron chi connectivity index (χ1n) is 8.22. The summed E-state index contributed by atoms with van der Waals surface area (Å²) in [5.41, 5.74) is 6.54. The number of nitrogens with two attached hydrogens (primary N) is 1. The van der Waals surface area contributed by atoms with E-state index < -0.39 is 0 Å². The van der Waals surface area contributed by atoms with E-state index in [1.807, 2.05) is 18.2 Å². The van der Waals surface area contributed by atoms with Gasteiger partial charge >= 0.3 is 5.97 Å². The molecule has 0 saturated heterocycles. The normalized spacial score (nSPS) is 10.4. The van der Waals surface area contributed by atoms with Gasteiger partial charge in [0.05, 0.1) is 6.54 Å². The van der Waals surface area contributed by atoms with E-state index >= 15 is 0 Å². The van der Waals surface area contributed by atoms with Crippen LogP contribution in [0.5, 0.6) is 5.75 Å². The van der Waals surface area contributed by atoms with Crippen molar-refractivity contribution in [1.82, 2.24) is 10.6 Å². The molecule has 0 heterocycles. The molecule has 0 saturated carbocycles. The number of benzene rings is 2. The highest BCUT2D eigenvalue weighted by molar-refractivity contribution is 6.09. The first-order valence-corrected chi connectivity index (χ1v) is 8.22. The third-order valence-electron chi connectivity index (χ3n) is 3.45. The van der Waals surface area contributed by atoms with E-state index in [0.717, 1.165) is 13.1 Å². The minimum Gasteiger partial charge on any atom is -0.426 e. The first kappa shape index (κ1) is 18.8. The highest BCUT2D eigenvalue weighted by Crippen LogP contribution is 2.15. The molecule has 6 heteroatoms. The number of nitrogens with one attached hydrogen (secondary N) is 2. The van der Waals surface area contributed by atoms with Crippen LogP contribution in [0.3, 0.4) is 0 Å². The summed E-state index contributed by atoms with van der Waals surface area (Å²) >= 11 is 0. The molecule has 2 aromatic rings. The molecule has 6 nitrogen and oxygen atoms in total. The lowest BCUT2D eigenvalue weighted by molar-refractivity contribution is -0.133. The van der Waals surface area contributed by atoms with Crippen molar-refractivity contribution in [2.24, 2.45) is 5.73 Å². The molecule has 0 aliphatic rings. The van der Waals surface area contributed by atoms with Gasteiger partial charge in [-0.3, -0.25) is 9.59 Å². The standard InChI is InChI=1S/C19H23N3O3/c20-10-11-21-12-13-22-14-18(23)25-17-8-6-16(7-9-17)19(24)15-4-2-1-3-5-15/h1-9,21-22H,10-14,20H2. The molecule has 0 unspecified atom stereocenters. The van der Waals surface area contributed by atoms with Gasteiger partial charge in [-0.25, -0.2) is 0 Å². The molecule has 0 aliphatic carbocycles. The van der Waals surface area contributed by atoms with E-state index in [1.54, 1.807) is 36.4 Å². The summed E-state index contributed by atoms with van der Waals surface area (Å²) in [5, 5.41) is 6.10. The second-order valence-electron chi connectivity index (χ2n) is 5.41. The lowest BCUT2D eigenvalue weighted by Gasteiger charge is -2.07. The molecule has 132 valence electrons. The molecule has 0 amide bonds. The van der Waals surface area contributed by atoms with Gasteiger partial charge in [-0.15, -0.1) is 0 Å². The predicted octanol–water partition coefficient (Wildman–Crippen LogP) is 0.961. The van der Waals surface area contributed by atoms with Gasteiger partial charge in [0.25, 0.3) is 0 Å². The summed E-state index contributed by atoms with van der Waals surface area (Å²) in [5.74, 6) is -0.0243. The second-order valence-corrected chi connectivity index (χ2v) is 5.41. The minimum absolute atomic E-state index is 0.0647. The number of hydrogen-bond acceptors (Lipinski definition) is 6. The van der Waals surface area contributed by atoms with Gasteiger partial charge < -0.3 is 21.1 Å². The molecule has 0 aromatic heterocycles. The second kappa shape index (κ2) is 10.4. The Labute approximate surface area is 147 Å². The van der Waals surface area contributed by atoms with Crippen molar-refractivity contribution in [1.29, 1.82) is 0 Å². The van der Waals surface area contributed by atoms with Crippen LogP contribution in [-0.4, -0.2) is 44.5 Å². The molecular weight excluding hydrogens is 318 g/mol. The van der Waals surface area contributed by atoms with E-state index in [4.69, 9.17) is 10.5 Å². The van der Waals surface area contributed by atoms with Crippen LogP contribution in [0.2, 0.25) is 0 Å². The molecule has 2 rings (SSSR count). The maximum absolute atomic E-state index is 12.3. The van der Waals surface area contributed by atoms with Crippen LogP contribution in [0, 0.1) is 0 Å². The average Bonchev–Trinajstić information content (AvgIpc) is 2.65. The number of hydrogen-bond donors (Lipinski definition) is 3. The highest BCUT2D eigenvalue weighted by atomic mass is 16.5. The van der Waals surface area contributed by atoms with Crippen molar-refractivity contribution in [3.63, 3.8) is 0 Å². The van der Waals surface area contributed by atoms with Gasteiger partial charge in [0, 0.05) is 37.3 Å². The van der Waals surface area contributed by atoms with E-state index in [1.165, 1.54) is 0 Å². The van der Waals surface area contributed by atoms with E-state index in [2.05, 4.69) is 10.6 Å². The van der Waals surface area contributed by atoms with Crippen LogP contribution in [0.15, 0.2) is 54.6 Å². The Morgan fingerprint density at radius 1 is 0.840 bits per heavy atom. The molecule has 4 N–H and O–H groups in total. The zero-order valence-electron chi connectivity index (χ0n) is 14.0. The van der Waals surface area contributed by atoms with Gasteiger partial charge in [0.15, 0.2) is 5.78 Å². The van der Waals surface area contributed by atoms with Crippen LogP contribution in [0.4, 0.5) is 0 Å². The zero-order valence-corrected chi connectivity index (χ0v) is 14.0. The Morgan fingerprint density at radius 3 is 2.16 bits per heavy atom. The Balaban J connectivity index is 1.78. The number of rotatable bonds is 10. The molecule has 0 aliphatic heterocycles. The third kappa shape index (κ3) is 6.46. The highest BCUT2D eigenvalue weighted by Gasteiger charge is 2.09. The van der Waals surface area contributed by atoms with Crippen LogP contribution < -0.4 is 21.1 Å². The van der Waals surface area contributed by atoms with Crippen molar-refractivity contribution < 1.29 is 14.3 Å². The van der Waals surface area contributed by atoms with Crippen molar-refractivity contribution in [3.8, 4) is 5.75 Å². The fourth-order valence-electron chi connectivity index (χ4n) is 2.19. The monoisotopic (exact) mass is 341 g/mol. The molecule has 0 spiro atoms. The van der Waals surface area contributed by atoms with Gasteiger partial charge in [0.2, 0.25) is 0 Å². The Bertz CT molecular complexity index is 672. The molecular formula is C19H23N3O3. The fourth-order valence-corrected chi connectivity index (χ4v) is 2.19. The Morgan fingerprint density at radius 2 is 1.48 bits per heavy atom. The summed E-state index contributed by atoms with van der Waals surface area (Å²) < 4.78 is 5.23. The number of ether oxygens (including phenoxy) is 1. The van der Waals surface area contributed by atoms with Crippen LogP contribution in [-0.2, 0) is 4.79 Å². The summed E-state index contributed by atoms with van der Waals surface area (Å²) in [6.45, 7) is 2.85. The smallest absolute Gasteiger partial charge is 0.325 e. The maximum Gasteiger partial charge on any atom is 0.325 e. The van der Waals surface area contributed by atoms with Crippen molar-refractivity contribution in [2.75, 3.05) is 32.7 Å². The Hall–Kier alpha value is -2.54. The molecule has 0 fully saturated rings. The molecule has 0 bridgehead atoms. The SMILES string of the molecule is NCCNCCNCC(=O)Oc1ccc(C(=O)c2ccccc2)cc1. The lowest BCUT2D eigenvalue weighted by Crippen LogP contribution is -2.34. The van der Waals surface area contributed by atoms with Gasteiger partial charge in [0.1, 0.15) is 5.75 Å². The molecule has 0 radical (unpaired) electrons. The van der Waals surface area contributed by atoms with Gasteiger partial charge in [-0.05, 0) is 24.3 Å². The zero-order chi connectivity index (χ0) is 17.9. The minimum atomic E-state index is -0.374. The van der Waals surface area contributed by atoms with Crippen LogP contribution in [0.25, 0.3) is 0 Å². The summed E-state index contributed by atoms with van der Waals surface area (Å²) in [6, 6.07) is 15.6. The maximum atomic E-state index is 12.3. The first-order chi connectivity index (χ1) is 12.2.